The third kappa shape index (κ3) is 4.33. The molecule has 5 nitrogen and oxygen atoms in total. The molecule has 0 spiro atoms. The van der Waals surface area contributed by atoms with E-state index in [1.165, 1.54) is 26.0 Å². The van der Waals surface area contributed by atoms with Gasteiger partial charge in [-0.2, -0.15) is 0 Å². The minimum absolute atomic E-state index is 0.0621. The monoisotopic (exact) mass is 360 g/mol. The SMILES string of the molecule is CCS(=O)(=O)c1ccccc1C(=O)O[C@H](C)C(=O)c1ccc(C)cc1. The van der Waals surface area contributed by atoms with Crippen molar-refractivity contribution in [3.8, 4) is 0 Å². The maximum absolute atomic E-state index is 12.4. The van der Waals surface area contributed by atoms with Crippen molar-refractivity contribution in [2.45, 2.75) is 31.8 Å². The molecule has 0 aliphatic carbocycles. The van der Waals surface area contributed by atoms with Crippen LogP contribution in [0.1, 0.15) is 40.1 Å². The van der Waals surface area contributed by atoms with Gasteiger partial charge in [0.05, 0.1) is 16.2 Å². The van der Waals surface area contributed by atoms with Gasteiger partial charge in [-0.1, -0.05) is 48.9 Å². The molecule has 2 aromatic rings. The largest absolute Gasteiger partial charge is 0.451 e. The highest BCUT2D eigenvalue weighted by atomic mass is 32.2. The van der Waals surface area contributed by atoms with Crippen molar-refractivity contribution in [2.24, 2.45) is 0 Å². The van der Waals surface area contributed by atoms with Crippen molar-refractivity contribution in [1.82, 2.24) is 0 Å². The smallest absolute Gasteiger partial charge is 0.340 e. The van der Waals surface area contributed by atoms with E-state index in [9.17, 15) is 18.0 Å². The molecule has 6 heteroatoms. The first-order valence-electron chi connectivity index (χ1n) is 7.90. The van der Waals surface area contributed by atoms with Crippen LogP contribution in [0.4, 0.5) is 0 Å². The van der Waals surface area contributed by atoms with Gasteiger partial charge in [0.25, 0.3) is 0 Å². The van der Waals surface area contributed by atoms with Crippen molar-refractivity contribution in [2.75, 3.05) is 5.75 Å². The second-order valence-corrected chi connectivity index (χ2v) is 7.92. The molecule has 0 N–H and O–H groups in total. The van der Waals surface area contributed by atoms with E-state index >= 15 is 0 Å². The first-order chi connectivity index (χ1) is 11.8. The number of sulfone groups is 1. The highest BCUT2D eigenvalue weighted by Crippen LogP contribution is 2.19. The molecule has 0 heterocycles. The van der Waals surface area contributed by atoms with E-state index in [1.54, 1.807) is 36.4 Å². The molecule has 0 aromatic heterocycles. The van der Waals surface area contributed by atoms with E-state index in [2.05, 4.69) is 0 Å². The number of carbonyl (C=O) groups excluding carboxylic acids is 2. The molecule has 0 saturated heterocycles. The van der Waals surface area contributed by atoms with Crippen LogP contribution < -0.4 is 0 Å². The van der Waals surface area contributed by atoms with Crippen LogP contribution in [0.15, 0.2) is 53.4 Å². The number of Topliss-reactive ketones (excluding diaryl/α,β-unsaturated/α-hetero) is 1. The second kappa shape index (κ2) is 7.61. The highest BCUT2D eigenvalue weighted by Gasteiger charge is 2.25. The van der Waals surface area contributed by atoms with Gasteiger partial charge in [0.2, 0.25) is 5.78 Å². The van der Waals surface area contributed by atoms with Gasteiger partial charge < -0.3 is 4.74 Å². The molecule has 0 unspecified atom stereocenters. The summed E-state index contributed by atoms with van der Waals surface area (Å²) in [4.78, 5) is 24.7. The van der Waals surface area contributed by atoms with Crippen LogP contribution in [0.2, 0.25) is 0 Å². The molecule has 0 saturated carbocycles. The van der Waals surface area contributed by atoms with E-state index < -0.39 is 21.9 Å². The minimum atomic E-state index is -3.57. The van der Waals surface area contributed by atoms with Gasteiger partial charge >= 0.3 is 5.97 Å². The van der Waals surface area contributed by atoms with Gasteiger partial charge in [0, 0.05) is 5.56 Å². The number of hydrogen-bond acceptors (Lipinski definition) is 5. The molecule has 2 aromatic carbocycles. The lowest BCUT2D eigenvalue weighted by molar-refractivity contribution is 0.0315. The molecular weight excluding hydrogens is 340 g/mol. The molecule has 0 bridgehead atoms. The van der Waals surface area contributed by atoms with Crippen LogP contribution in [0, 0.1) is 6.92 Å². The predicted octanol–water partition coefficient (Wildman–Crippen LogP) is 3.22. The lowest BCUT2D eigenvalue weighted by Crippen LogP contribution is -2.25. The standard InChI is InChI=1S/C19H20O5S/c1-4-25(22,23)17-8-6-5-7-16(17)19(21)24-14(3)18(20)15-11-9-13(2)10-12-15/h5-12,14H,4H2,1-3H3/t14-/m1/s1. The lowest BCUT2D eigenvalue weighted by atomic mass is 10.1. The van der Waals surface area contributed by atoms with Crippen LogP contribution in [0.3, 0.4) is 0 Å². The van der Waals surface area contributed by atoms with Crippen molar-refractivity contribution >= 4 is 21.6 Å². The second-order valence-electron chi connectivity index (χ2n) is 5.68. The molecule has 0 aliphatic heterocycles. The Morgan fingerprint density at radius 1 is 1.04 bits per heavy atom. The van der Waals surface area contributed by atoms with Gasteiger partial charge in [0.1, 0.15) is 0 Å². The highest BCUT2D eigenvalue weighted by molar-refractivity contribution is 7.91. The lowest BCUT2D eigenvalue weighted by Gasteiger charge is -2.14. The van der Waals surface area contributed by atoms with Crippen molar-refractivity contribution in [3.05, 3.63) is 65.2 Å². The number of aryl methyl sites for hydroxylation is 1. The summed E-state index contributed by atoms with van der Waals surface area (Å²) in [6.45, 7) is 4.88. The van der Waals surface area contributed by atoms with E-state index in [4.69, 9.17) is 4.74 Å². The van der Waals surface area contributed by atoms with Gasteiger partial charge in [-0.3, -0.25) is 4.79 Å². The number of rotatable bonds is 6. The molecule has 1 atom stereocenters. The minimum Gasteiger partial charge on any atom is -0.451 e. The summed E-state index contributed by atoms with van der Waals surface area (Å²) < 4.78 is 29.5. The first-order valence-corrected chi connectivity index (χ1v) is 9.55. The Bertz CT molecular complexity index is 882. The van der Waals surface area contributed by atoms with Crippen molar-refractivity contribution < 1.29 is 22.7 Å². The summed E-state index contributed by atoms with van der Waals surface area (Å²) in [6, 6.07) is 12.8. The zero-order valence-corrected chi connectivity index (χ0v) is 15.2. The fourth-order valence-corrected chi connectivity index (χ4v) is 3.38. The molecule has 2 rings (SSSR count). The third-order valence-corrected chi connectivity index (χ3v) is 5.60. The molecule has 0 amide bonds. The summed E-state index contributed by atoms with van der Waals surface area (Å²) in [6.07, 6.45) is -1.02. The molecular formula is C19H20O5S. The van der Waals surface area contributed by atoms with Gasteiger partial charge in [-0.25, -0.2) is 13.2 Å². The number of esters is 1. The Labute approximate surface area is 147 Å². The van der Waals surface area contributed by atoms with Gasteiger partial charge in [0.15, 0.2) is 15.9 Å². The number of hydrogen-bond donors (Lipinski definition) is 0. The van der Waals surface area contributed by atoms with Crippen molar-refractivity contribution in [1.29, 1.82) is 0 Å². The summed E-state index contributed by atoms with van der Waals surface area (Å²) in [7, 11) is -3.57. The summed E-state index contributed by atoms with van der Waals surface area (Å²) in [5.41, 5.74) is 1.38. The zero-order chi connectivity index (χ0) is 18.6. The normalized spacial score (nSPS) is 12.4. The van der Waals surface area contributed by atoms with Gasteiger partial charge in [-0.05, 0) is 26.0 Å². The molecule has 25 heavy (non-hydrogen) atoms. The number of ketones is 1. The summed E-state index contributed by atoms with van der Waals surface area (Å²) >= 11 is 0. The molecule has 132 valence electrons. The summed E-state index contributed by atoms with van der Waals surface area (Å²) in [5.74, 6) is -1.31. The van der Waals surface area contributed by atoms with Crippen LogP contribution in [-0.4, -0.2) is 32.0 Å². The fraction of sp³-hybridized carbons (Fsp3) is 0.263. The Morgan fingerprint density at radius 3 is 2.24 bits per heavy atom. The van der Waals surface area contributed by atoms with E-state index in [0.29, 0.717) is 5.56 Å². The van der Waals surface area contributed by atoms with Crippen molar-refractivity contribution in [3.63, 3.8) is 0 Å². The van der Waals surface area contributed by atoms with Crippen LogP contribution in [0.25, 0.3) is 0 Å². The molecule has 0 radical (unpaired) electrons. The van der Waals surface area contributed by atoms with Crippen LogP contribution in [0.5, 0.6) is 0 Å². The van der Waals surface area contributed by atoms with Gasteiger partial charge in [-0.15, -0.1) is 0 Å². The third-order valence-electron chi connectivity index (χ3n) is 3.81. The summed E-state index contributed by atoms with van der Waals surface area (Å²) in [5, 5.41) is 0. The Morgan fingerprint density at radius 2 is 1.64 bits per heavy atom. The fourth-order valence-electron chi connectivity index (χ4n) is 2.29. The maximum atomic E-state index is 12.4. The maximum Gasteiger partial charge on any atom is 0.340 e. The first kappa shape index (κ1) is 18.9. The van der Waals surface area contributed by atoms with E-state index in [1.807, 2.05) is 6.92 Å². The van der Waals surface area contributed by atoms with Crippen LogP contribution >= 0.6 is 0 Å². The molecule has 0 aliphatic rings. The zero-order valence-electron chi connectivity index (χ0n) is 14.4. The number of carbonyl (C=O) groups is 2. The topological polar surface area (TPSA) is 77.5 Å². The average molecular weight is 360 g/mol. The number of benzene rings is 2. The Kier molecular flexibility index (Phi) is 5.74. The number of ether oxygens (including phenoxy) is 1. The van der Waals surface area contributed by atoms with E-state index in [-0.39, 0.29) is 22.0 Å². The Hall–Kier alpha value is -2.47. The molecule has 0 fully saturated rings. The Balaban J connectivity index is 2.23. The predicted molar refractivity (Wildman–Crippen MR) is 94.6 cm³/mol. The average Bonchev–Trinajstić information content (AvgIpc) is 2.61. The van der Waals surface area contributed by atoms with Crippen LogP contribution in [-0.2, 0) is 14.6 Å². The quantitative estimate of drug-likeness (QED) is 0.584. The van der Waals surface area contributed by atoms with E-state index in [0.717, 1.165) is 5.56 Å².